The van der Waals surface area contributed by atoms with Gasteiger partial charge in [0.2, 0.25) is 0 Å². The molecule has 4 rings (SSSR count). The summed E-state index contributed by atoms with van der Waals surface area (Å²) in [7, 11) is 0. The number of rotatable bonds is 3. The molecule has 120 valence electrons. The van der Waals surface area contributed by atoms with Gasteiger partial charge in [0.15, 0.2) is 0 Å². The van der Waals surface area contributed by atoms with Crippen LogP contribution in [0.5, 0.6) is 0 Å². The Labute approximate surface area is 140 Å². The van der Waals surface area contributed by atoms with Crippen LogP contribution in [0.15, 0.2) is 65.3 Å². The molecule has 0 atom stereocenters. The van der Waals surface area contributed by atoms with Gasteiger partial charge in [0.05, 0.1) is 0 Å². The van der Waals surface area contributed by atoms with E-state index >= 15 is 0 Å². The minimum Gasteiger partial charge on any atom is -0.461 e. The summed E-state index contributed by atoms with van der Waals surface area (Å²) in [6, 6.07) is 15.5. The van der Waals surface area contributed by atoms with Crippen molar-refractivity contribution in [2.75, 3.05) is 13.1 Å². The van der Waals surface area contributed by atoms with Crippen molar-refractivity contribution in [1.29, 1.82) is 0 Å². The first-order valence-electron chi connectivity index (χ1n) is 8.07. The van der Waals surface area contributed by atoms with Gasteiger partial charge in [0, 0.05) is 42.5 Å². The summed E-state index contributed by atoms with van der Waals surface area (Å²) >= 11 is 0. The zero-order valence-electron chi connectivity index (χ0n) is 13.5. The molecule has 0 unspecified atom stereocenters. The van der Waals surface area contributed by atoms with E-state index in [0.717, 1.165) is 35.7 Å². The van der Waals surface area contributed by atoms with Crippen molar-refractivity contribution in [3.8, 4) is 11.3 Å². The summed E-state index contributed by atoms with van der Waals surface area (Å²) in [4.78, 5) is 18.5. The fraction of sp³-hybridized carbons (Fsp3) is 0.200. The molecule has 1 fully saturated rings. The number of carbonyl (C=O) groups is 1. The van der Waals surface area contributed by atoms with Gasteiger partial charge in [-0.25, -0.2) is 0 Å². The molecule has 0 bridgehead atoms. The molecule has 2 aromatic heterocycles. The van der Waals surface area contributed by atoms with E-state index in [2.05, 4.69) is 4.98 Å². The van der Waals surface area contributed by atoms with E-state index in [4.69, 9.17) is 4.42 Å². The molecular weight excluding hydrogens is 300 g/mol. The third-order valence-electron chi connectivity index (χ3n) is 4.50. The number of nitrogens with zero attached hydrogens (tertiary/aromatic N) is 2. The van der Waals surface area contributed by atoms with Gasteiger partial charge in [0.1, 0.15) is 11.5 Å². The third kappa shape index (κ3) is 2.71. The van der Waals surface area contributed by atoms with Crippen LogP contribution in [0.1, 0.15) is 27.6 Å². The molecule has 24 heavy (non-hydrogen) atoms. The molecule has 3 heterocycles. The second-order valence-electron chi connectivity index (χ2n) is 6.18. The first-order chi connectivity index (χ1) is 11.7. The average Bonchev–Trinajstić information content (AvgIpc) is 3.01. The molecule has 1 amide bonds. The van der Waals surface area contributed by atoms with E-state index in [0.29, 0.717) is 5.92 Å². The van der Waals surface area contributed by atoms with Crippen molar-refractivity contribution in [2.24, 2.45) is 0 Å². The lowest BCUT2D eigenvalue weighted by atomic mass is 9.91. The highest BCUT2D eigenvalue weighted by atomic mass is 16.3. The van der Waals surface area contributed by atoms with Crippen LogP contribution in [0.25, 0.3) is 11.3 Å². The summed E-state index contributed by atoms with van der Waals surface area (Å²) in [6.45, 7) is 3.45. The normalized spacial score (nSPS) is 14.5. The molecule has 1 saturated heterocycles. The summed E-state index contributed by atoms with van der Waals surface area (Å²) in [5, 5.41) is 0. The topological polar surface area (TPSA) is 46.3 Å². The standard InChI is InChI=1S/C20H18N2O2/c1-14-2-7-19(24-14)16-3-5-17(6-4-16)20(23)22-12-18(13-22)15-8-10-21-11-9-15/h2-11,18H,12-13H2,1H3. The molecule has 1 aliphatic heterocycles. The molecule has 3 aromatic rings. The second kappa shape index (κ2) is 5.96. The monoisotopic (exact) mass is 318 g/mol. The van der Waals surface area contributed by atoms with E-state index in [1.54, 1.807) is 12.4 Å². The van der Waals surface area contributed by atoms with Crippen LogP contribution in [0.2, 0.25) is 0 Å². The number of furan rings is 1. The fourth-order valence-electron chi connectivity index (χ4n) is 3.04. The van der Waals surface area contributed by atoms with Gasteiger partial charge >= 0.3 is 0 Å². The Balaban J connectivity index is 1.42. The Hall–Kier alpha value is -2.88. The molecule has 1 aromatic carbocycles. The Kier molecular flexibility index (Phi) is 3.65. The zero-order chi connectivity index (χ0) is 16.5. The Morgan fingerprint density at radius 2 is 1.75 bits per heavy atom. The summed E-state index contributed by atoms with van der Waals surface area (Å²) in [5.74, 6) is 2.21. The first-order valence-corrected chi connectivity index (χ1v) is 8.07. The predicted octanol–water partition coefficient (Wildman–Crippen LogP) is 3.89. The van der Waals surface area contributed by atoms with Crippen LogP contribution in [0.3, 0.4) is 0 Å². The molecule has 1 aliphatic rings. The van der Waals surface area contributed by atoms with Crippen molar-refractivity contribution >= 4 is 5.91 Å². The zero-order valence-corrected chi connectivity index (χ0v) is 13.5. The third-order valence-corrected chi connectivity index (χ3v) is 4.50. The quantitative estimate of drug-likeness (QED) is 0.736. The number of hydrogen-bond donors (Lipinski definition) is 0. The summed E-state index contributed by atoms with van der Waals surface area (Å²) in [5.41, 5.74) is 2.95. The molecular formula is C20H18N2O2. The highest BCUT2D eigenvalue weighted by Crippen LogP contribution is 2.28. The van der Waals surface area contributed by atoms with Crippen LogP contribution in [-0.2, 0) is 0 Å². The van der Waals surface area contributed by atoms with E-state index in [9.17, 15) is 4.79 Å². The number of aromatic nitrogens is 1. The van der Waals surface area contributed by atoms with Crippen LogP contribution in [0.4, 0.5) is 0 Å². The molecule has 0 N–H and O–H groups in total. The number of likely N-dealkylation sites (tertiary alicyclic amines) is 1. The van der Waals surface area contributed by atoms with Gasteiger partial charge < -0.3 is 9.32 Å². The highest BCUT2D eigenvalue weighted by molar-refractivity contribution is 5.95. The van der Waals surface area contributed by atoms with E-state index in [-0.39, 0.29) is 5.91 Å². The van der Waals surface area contributed by atoms with Crippen molar-refractivity contribution in [3.63, 3.8) is 0 Å². The SMILES string of the molecule is Cc1ccc(-c2ccc(C(=O)N3CC(c4ccncc4)C3)cc2)o1. The Morgan fingerprint density at radius 1 is 1.04 bits per heavy atom. The molecule has 4 heteroatoms. The molecule has 0 spiro atoms. The number of carbonyl (C=O) groups excluding carboxylic acids is 1. The molecule has 0 saturated carbocycles. The highest BCUT2D eigenvalue weighted by Gasteiger charge is 2.32. The summed E-state index contributed by atoms with van der Waals surface area (Å²) < 4.78 is 5.61. The molecule has 0 aliphatic carbocycles. The maximum Gasteiger partial charge on any atom is 0.253 e. The molecule has 0 radical (unpaired) electrons. The largest absolute Gasteiger partial charge is 0.461 e. The van der Waals surface area contributed by atoms with Crippen LogP contribution >= 0.6 is 0 Å². The average molecular weight is 318 g/mol. The smallest absolute Gasteiger partial charge is 0.253 e. The maximum absolute atomic E-state index is 12.5. The Morgan fingerprint density at radius 3 is 2.38 bits per heavy atom. The van der Waals surface area contributed by atoms with Crippen LogP contribution in [-0.4, -0.2) is 28.9 Å². The van der Waals surface area contributed by atoms with Gasteiger partial charge in [-0.05, 0) is 48.9 Å². The maximum atomic E-state index is 12.5. The number of hydrogen-bond acceptors (Lipinski definition) is 3. The first kappa shape index (κ1) is 14.7. The number of aryl methyl sites for hydroxylation is 1. The van der Waals surface area contributed by atoms with Gasteiger partial charge in [-0.15, -0.1) is 0 Å². The van der Waals surface area contributed by atoms with E-state index in [1.165, 1.54) is 5.56 Å². The Bertz CT molecular complexity index is 847. The number of benzene rings is 1. The number of pyridine rings is 1. The van der Waals surface area contributed by atoms with Crippen molar-refractivity contribution in [3.05, 3.63) is 77.8 Å². The van der Waals surface area contributed by atoms with Crippen LogP contribution < -0.4 is 0 Å². The lowest BCUT2D eigenvalue weighted by Crippen LogP contribution is -2.48. The van der Waals surface area contributed by atoms with Crippen molar-refractivity contribution in [1.82, 2.24) is 9.88 Å². The second-order valence-corrected chi connectivity index (χ2v) is 6.18. The van der Waals surface area contributed by atoms with Gasteiger partial charge in [-0.1, -0.05) is 12.1 Å². The lowest BCUT2D eigenvalue weighted by Gasteiger charge is -2.39. The van der Waals surface area contributed by atoms with Gasteiger partial charge in [-0.3, -0.25) is 9.78 Å². The molecule has 4 nitrogen and oxygen atoms in total. The van der Waals surface area contributed by atoms with Crippen molar-refractivity contribution < 1.29 is 9.21 Å². The van der Waals surface area contributed by atoms with Gasteiger partial charge in [0.25, 0.3) is 5.91 Å². The van der Waals surface area contributed by atoms with Gasteiger partial charge in [-0.2, -0.15) is 0 Å². The number of amides is 1. The summed E-state index contributed by atoms with van der Waals surface area (Å²) in [6.07, 6.45) is 3.60. The van der Waals surface area contributed by atoms with E-state index in [1.807, 2.05) is 60.4 Å². The van der Waals surface area contributed by atoms with Crippen molar-refractivity contribution in [2.45, 2.75) is 12.8 Å². The predicted molar refractivity (Wildman–Crippen MR) is 91.8 cm³/mol. The fourth-order valence-corrected chi connectivity index (χ4v) is 3.04. The minimum atomic E-state index is 0.0856. The lowest BCUT2D eigenvalue weighted by molar-refractivity contribution is 0.0602. The van der Waals surface area contributed by atoms with Crippen LogP contribution in [0, 0.1) is 6.92 Å². The van der Waals surface area contributed by atoms with E-state index < -0.39 is 0 Å². The minimum absolute atomic E-state index is 0.0856.